The third kappa shape index (κ3) is 6.25. The third-order valence-corrected chi connectivity index (χ3v) is 7.88. The molecule has 0 atom stereocenters. The summed E-state index contributed by atoms with van der Waals surface area (Å²) in [6.45, 7) is 2.34. The number of carbonyl (C=O) groups is 1. The lowest BCUT2D eigenvalue weighted by atomic mass is 10.0. The number of benzene rings is 2. The van der Waals surface area contributed by atoms with E-state index in [4.69, 9.17) is 9.47 Å². The Bertz CT molecular complexity index is 1020. The Morgan fingerprint density at radius 3 is 2.21 bits per heavy atom. The van der Waals surface area contributed by atoms with Gasteiger partial charge in [0.2, 0.25) is 0 Å². The maximum atomic E-state index is 13.0. The van der Waals surface area contributed by atoms with Gasteiger partial charge in [-0.2, -0.15) is 0 Å². The van der Waals surface area contributed by atoms with Crippen molar-refractivity contribution in [1.29, 1.82) is 0 Å². The van der Waals surface area contributed by atoms with Crippen LogP contribution in [-0.2, 0) is 26.2 Å². The van der Waals surface area contributed by atoms with E-state index < -0.39 is 10.0 Å². The van der Waals surface area contributed by atoms with Crippen LogP contribution >= 0.6 is 0 Å². The first kappa shape index (κ1) is 25.0. The van der Waals surface area contributed by atoms with Gasteiger partial charge in [-0.3, -0.25) is 9.10 Å². The van der Waals surface area contributed by atoms with Gasteiger partial charge < -0.3 is 19.3 Å². The van der Waals surface area contributed by atoms with E-state index in [1.54, 1.807) is 60.5 Å². The lowest BCUT2D eigenvalue weighted by Crippen LogP contribution is -2.45. The van der Waals surface area contributed by atoms with Crippen molar-refractivity contribution >= 4 is 21.6 Å². The molecule has 1 saturated heterocycles. The lowest BCUT2D eigenvalue weighted by molar-refractivity contribution is -0.135. The summed E-state index contributed by atoms with van der Waals surface area (Å²) in [4.78, 5) is 16.8. The molecular weight excluding hydrogens is 442 g/mol. The van der Waals surface area contributed by atoms with Gasteiger partial charge in [0.05, 0.1) is 17.2 Å². The Balaban J connectivity index is 1.58. The van der Waals surface area contributed by atoms with E-state index in [0.29, 0.717) is 18.0 Å². The van der Waals surface area contributed by atoms with Crippen LogP contribution in [0.1, 0.15) is 18.4 Å². The zero-order valence-corrected chi connectivity index (χ0v) is 20.5. The van der Waals surface area contributed by atoms with Crippen molar-refractivity contribution in [3.63, 3.8) is 0 Å². The van der Waals surface area contributed by atoms with Crippen molar-refractivity contribution in [3.8, 4) is 5.75 Å². The highest BCUT2D eigenvalue weighted by molar-refractivity contribution is 7.92. The fourth-order valence-electron chi connectivity index (χ4n) is 3.81. The van der Waals surface area contributed by atoms with Crippen LogP contribution in [0, 0.1) is 0 Å². The van der Waals surface area contributed by atoms with Gasteiger partial charge in [0.1, 0.15) is 5.75 Å². The quantitative estimate of drug-likeness (QED) is 0.555. The van der Waals surface area contributed by atoms with Gasteiger partial charge in [0.25, 0.3) is 15.9 Å². The molecule has 0 spiro atoms. The van der Waals surface area contributed by atoms with Gasteiger partial charge >= 0.3 is 0 Å². The SMILES string of the molecule is COCc1ccc(S(=O)(=O)N(C)c2ccc(OCC(=O)N(C)C3CCN(C)CC3)cc2)cc1. The zero-order chi connectivity index (χ0) is 24.0. The average molecular weight is 476 g/mol. The van der Waals surface area contributed by atoms with E-state index in [0.717, 1.165) is 31.5 Å². The van der Waals surface area contributed by atoms with Gasteiger partial charge in [0.15, 0.2) is 6.61 Å². The van der Waals surface area contributed by atoms with Crippen molar-refractivity contribution in [1.82, 2.24) is 9.80 Å². The van der Waals surface area contributed by atoms with Gasteiger partial charge in [-0.15, -0.1) is 0 Å². The van der Waals surface area contributed by atoms with Crippen LogP contribution in [-0.4, -0.2) is 78.1 Å². The van der Waals surface area contributed by atoms with Crippen molar-refractivity contribution in [2.75, 3.05) is 52.3 Å². The number of anilines is 1. The monoisotopic (exact) mass is 475 g/mol. The molecule has 0 N–H and O–H groups in total. The fourth-order valence-corrected chi connectivity index (χ4v) is 5.00. The smallest absolute Gasteiger partial charge is 0.264 e. The van der Waals surface area contributed by atoms with Crippen LogP contribution in [0.5, 0.6) is 5.75 Å². The summed E-state index contributed by atoms with van der Waals surface area (Å²) in [6, 6.07) is 13.5. The number of sulfonamides is 1. The van der Waals surface area contributed by atoms with Crippen LogP contribution in [0.4, 0.5) is 5.69 Å². The highest BCUT2D eigenvalue weighted by atomic mass is 32.2. The molecule has 2 aromatic rings. The molecule has 9 heteroatoms. The number of hydrogen-bond donors (Lipinski definition) is 0. The third-order valence-electron chi connectivity index (χ3n) is 6.08. The number of nitrogens with zero attached hydrogens (tertiary/aromatic N) is 3. The van der Waals surface area contributed by atoms with Crippen LogP contribution in [0.3, 0.4) is 0 Å². The van der Waals surface area contributed by atoms with E-state index in [1.807, 2.05) is 7.05 Å². The van der Waals surface area contributed by atoms with Gasteiger partial charge in [-0.05, 0) is 74.9 Å². The van der Waals surface area contributed by atoms with E-state index in [-0.39, 0.29) is 23.5 Å². The summed E-state index contributed by atoms with van der Waals surface area (Å²) in [6.07, 6.45) is 1.92. The van der Waals surface area contributed by atoms with E-state index >= 15 is 0 Å². The minimum atomic E-state index is -3.70. The second-order valence-corrected chi connectivity index (χ2v) is 10.3. The number of likely N-dealkylation sites (tertiary alicyclic amines) is 1. The normalized spacial score (nSPS) is 15.3. The molecule has 0 unspecified atom stereocenters. The lowest BCUT2D eigenvalue weighted by Gasteiger charge is -2.35. The minimum Gasteiger partial charge on any atom is -0.484 e. The van der Waals surface area contributed by atoms with Crippen molar-refractivity contribution in [2.45, 2.75) is 30.4 Å². The molecule has 1 aliphatic rings. The summed E-state index contributed by atoms with van der Waals surface area (Å²) in [5.74, 6) is 0.448. The Labute approximate surface area is 196 Å². The number of likely N-dealkylation sites (N-methyl/N-ethyl adjacent to an activating group) is 1. The molecule has 0 bridgehead atoms. The Morgan fingerprint density at radius 2 is 1.64 bits per heavy atom. The Hall–Kier alpha value is -2.62. The number of ether oxygens (including phenoxy) is 2. The number of methoxy groups -OCH3 is 1. The second-order valence-electron chi connectivity index (χ2n) is 8.37. The largest absolute Gasteiger partial charge is 0.484 e. The standard InChI is InChI=1S/C24H33N3O5S/c1-25-15-13-20(14-16-25)26(2)24(28)18-32-22-9-7-21(8-10-22)27(3)33(29,30)23-11-5-19(6-12-23)17-31-4/h5-12,20H,13-18H2,1-4H3. The van der Waals surface area contributed by atoms with Crippen LogP contribution in [0.15, 0.2) is 53.4 Å². The van der Waals surface area contributed by atoms with Crippen LogP contribution in [0.25, 0.3) is 0 Å². The molecular formula is C24H33N3O5S. The van der Waals surface area contributed by atoms with Crippen molar-refractivity contribution in [2.24, 2.45) is 0 Å². The molecule has 2 aromatic carbocycles. The minimum absolute atomic E-state index is 0.0514. The van der Waals surface area contributed by atoms with E-state index in [2.05, 4.69) is 11.9 Å². The first-order valence-electron chi connectivity index (χ1n) is 11.0. The Kier molecular flexibility index (Phi) is 8.34. The van der Waals surface area contributed by atoms with E-state index in [1.165, 1.54) is 11.4 Å². The van der Waals surface area contributed by atoms with Crippen molar-refractivity contribution < 1.29 is 22.7 Å². The number of rotatable bonds is 9. The highest BCUT2D eigenvalue weighted by Gasteiger charge is 2.24. The summed E-state index contributed by atoms with van der Waals surface area (Å²) < 4.78 is 37.9. The maximum Gasteiger partial charge on any atom is 0.264 e. The fraction of sp³-hybridized carbons (Fsp3) is 0.458. The highest BCUT2D eigenvalue weighted by Crippen LogP contribution is 2.25. The molecule has 1 fully saturated rings. The molecule has 0 aromatic heterocycles. The van der Waals surface area contributed by atoms with Crippen LogP contribution < -0.4 is 9.04 Å². The first-order valence-corrected chi connectivity index (χ1v) is 12.4. The summed E-state index contributed by atoms with van der Waals surface area (Å²) in [5, 5.41) is 0. The maximum absolute atomic E-state index is 13.0. The molecule has 0 aliphatic carbocycles. The molecule has 1 amide bonds. The summed E-state index contributed by atoms with van der Waals surface area (Å²) in [7, 11) is 3.31. The summed E-state index contributed by atoms with van der Waals surface area (Å²) in [5.41, 5.74) is 1.40. The van der Waals surface area contributed by atoms with Crippen molar-refractivity contribution in [3.05, 3.63) is 54.1 Å². The van der Waals surface area contributed by atoms with E-state index in [9.17, 15) is 13.2 Å². The van der Waals surface area contributed by atoms with Gasteiger partial charge in [-0.1, -0.05) is 12.1 Å². The van der Waals surface area contributed by atoms with Gasteiger partial charge in [-0.25, -0.2) is 8.42 Å². The molecule has 8 nitrogen and oxygen atoms in total. The molecule has 1 heterocycles. The number of hydrogen-bond acceptors (Lipinski definition) is 6. The molecule has 180 valence electrons. The van der Waals surface area contributed by atoms with Gasteiger partial charge in [0, 0.05) is 27.2 Å². The topological polar surface area (TPSA) is 79.4 Å². The summed E-state index contributed by atoms with van der Waals surface area (Å²) >= 11 is 0. The predicted octanol–water partition coefficient (Wildman–Crippen LogP) is 2.59. The number of amides is 1. The molecule has 33 heavy (non-hydrogen) atoms. The average Bonchev–Trinajstić information content (AvgIpc) is 2.83. The predicted molar refractivity (Wildman–Crippen MR) is 128 cm³/mol. The molecule has 1 aliphatic heterocycles. The molecule has 0 radical (unpaired) electrons. The number of carbonyl (C=O) groups excluding carboxylic acids is 1. The zero-order valence-electron chi connectivity index (χ0n) is 19.7. The molecule has 0 saturated carbocycles. The van der Waals surface area contributed by atoms with Crippen LogP contribution in [0.2, 0.25) is 0 Å². The molecule has 3 rings (SSSR count). The first-order chi connectivity index (χ1) is 15.7. The second kappa shape index (κ2) is 11.0. The number of piperidine rings is 1. The Morgan fingerprint density at radius 1 is 1.03 bits per heavy atom.